The Morgan fingerprint density at radius 2 is 1.87 bits per heavy atom. The van der Waals surface area contributed by atoms with Gasteiger partial charge in [-0.05, 0) is 24.3 Å². The molecule has 0 unspecified atom stereocenters. The van der Waals surface area contributed by atoms with E-state index >= 15 is 0 Å². The predicted molar refractivity (Wildman–Crippen MR) is 88.9 cm³/mol. The fraction of sp³-hybridized carbons (Fsp3) is 0.611. The largest absolute Gasteiger partial charge is 0.486 e. The van der Waals surface area contributed by atoms with Crippen LogP contribution in [0.4, 0.5) is 0 Å². The van der Waals surface area contributed by atoms with Gasteiger partial charge in [0.1, 0.15) is 13.2 Å². The molecule has 0 atom stereocenters. The highest BCUT2D eigenvalue weighted by Gasteiger charge is 2.46. The Morgan fingerprint density at radius 3 is 2.48 bits per heavy atom. The van der Waals surface area contributed by atoms with Crippen molar-refractivity contribution in [3.63, 3.8) is 0 Å². The Hall–Kier alpha value is -1.42. The van der Waals surface area contributed by atoms with E-state index in [4.69, 9.17) is 21.1 Å². The number of ether oxygens (including phenoxy) is 2. The highest BCUT2D eigenvalue weighted by molar-refractivity contribution is 6.32. The number of halogens is 1. The van der Waals surface area contributed by atoms with Gasteiger partial charge >= 0.3 is 5.97 Å². The molecule has 0 aromatic heterocycles. The van der Waals surface area contributed by atoms with Crippen LogP contribution in [-0.4, -0.2) is 24.3 Å². The molecule has 0 radical (unpaired) electrons. The second-order valence-corrected chi connectivity index (χ2v) is 7.18. The van der Waals surface area contributed by atoms with Crippen LogP contribution in [0.1, 0.15) is 63.0 Å². The topological polar surface area (TPSA) is 55.8 Å². The lowest BCUT2D eigenvalue weighted by Gasteiger charge is -2.38. The van der Waals surface area contributed by atoms with Gasteiger partial charge in [-0.1, -0.05) is 44.7 Å². The summed E-state index contributed by atoms with van der Waals surface area (Å²) in [4.78, 5) is 12.2. The minimum Gasteiger partial charge on any atom is -0.486 e. The Bertz CT molecular complexity index is 618. The zero-order valence-corrected chi connectivity index (χ0v) is 14.4. The molecule has 2 aliphatic rings. The number of fused-ring (bicyclic) bond motifs is 1. The maximum absolute atomic E-state index is 12.2. The molecule has 1 aliphatic carbocycles. The van der Waals surface area contributed by atoms with Gasteiger partial charge in [-0.25, -0.2) is 0 Å². The zero-order valence-electron chi connectivity index (χ0n) is 13.7. The van der Waals surface area contributed by atoms with Crippen molar-refractivity contribution in [3.05, 3.63) is 22.2 Å². The normalized spacial score (nSPS) is 19.7. The van der Waals surface area contributed by atoms with Crippen LogP contribution in [0.5, 0.6) is 11.5 Å². The molecule has 0 bridgehead atoms. The number of carboxylic acid groups (broad SMARTS) is 1. The number of carbonyl (C=O) groups is 1. The fourth-order valence-corrected chi connectivity index (χ4v) is 4.32. The van der Waals surface area contributed by atoms with E-state index in [0.717, 1.165) is 30.4 Å². The van der Waals surface area contributed by atoms with Gasteiger partial charge in [-0.15, -0.1) is 0 Å². The average Bonchev–Trinajstić information content (AvgIpc) is 2.53. The quantitative estimate of drug-likeness (QED) is 0.880. The van der Waals surface area contributed by atoms with E-state index in [9.17, 15) is 9.90 Å². The van der Waals surface area contributed by atoms with Crippen molar-refractivity contribution in [3.8, 4) is 11.5 Å². The second-order valence-electron chi connectivity index (χ2n) is 6.77. The van der Waals surface area contributed by atoms with Gasteiger partial charge in [0.2, 0.25) is 0 Å². The lowest BCUT2D eigenvalue weighted by Crippen LogP contribution is -2.39. The van der Waals surface area contributed by atoms with Crippen LogP contribution in [0, 0.1) is 0 Å². The van der Waals surface area contributed by atoms with Crippen molar-refractivity contribution < 1.29 is 19.4 Å². The number of hydrogen-bond acceptors (Lipinski definition) is 3. The predicted octanol–water partition coefficient (Wildman–Crippen LogP) is 4.52. The molecule has 1 saturated carbocycles. The van der Waals surface area contributed by atoms with Crippen LogP contribution in [0.3, 0.4) is 0 Å². The van der Waals surface area contributed by atoms with Crippen molar-refractivity contribution in [2.24, 2.45) is 0 Å². The summed E-state index contributed by atoms with van der Waals surface area (Å²) >= 11 is 6.58. The smallest absolute Gasteiger partial charge is 0.314 e. The van der Waals surface area contributed by atoms with Crippen LogP contribution in [0.25, 0.3) is 0 Å². The summed E-state index contributed by atoms with van der Waals surface area (Å²) in [5, 5.41) is 10.5. The molecule has 126 valence electrons. The molecule has 1 aromatic rings. The summed E-state index contributed by atoms with van der Waals surface area (Å²) in [5.41, 5.74) is 0.729. The van der Waals surface area contributed by atoms with Gasteiger partial charge in [0.15, 0.2) is 11.5 Å². The first-order chi connectivity index (χ1) is 11.0. The highest BCUT2D eigenvalue weighted by atomic mass is 35.5. The fourth-order valence-electron chi connectivity index (χ4n) is 3.94. The SMILES string of the molecule is CC(C)c1c2c(cc(Cl)c1C1(C(=O)O)CCCCC1)OCCO2. The summed E-state index contributed by atoms with van der Waals surface area (Å²) in [6.07, 6.45) is 4.15. The van der Waals surface area contributed by atoms with Gasteiger partial charge in [0, 0.05) is 16.7 Å². The summed E-state index contributed by atoms with van der Waals surface area (Å²) in [6.45, 7) is 5.07. The molecule has 5 heteroatoms. The summed E-state index contributed by atoms with van der Waals surface area (Å²) in [5.74, 6) is 0.636. The molecule has 1 aliphatic heterocycles. The van der Waals surface area contributed by atoms with Crippen LogP contribution in [-0.2, 0) is 10.2 Å². The van der Waals surface area contributed by atoms with E-state index in [1.807, 2.05) is 13.8 Å². The molecule has 0 spiro atoms. The van der Waals surface area contributed by atoms with E-state index in [-0.39, 0.29) is 5.92 Å². The molecule has 0 saturated heterocycles. The molecule has 0 amide bonds. The van der Waals surface area contributed by atoms with Crippen molar-refractivity contribution in [2.75, 3.05) is 13.2 Å². The van der Waals surface area contributed by atoms with E-state index in [0.29, 0.717) is 42.6 Å². The lowest BCUT2D eigenvalue weighted by molar-refractivity contribution is -0.145. The van der Waals surface area contributed by atoms with Gasteiger partial charge in [-0.2, -0.15) is 0 Å². The number of hydrogen-bond donors (Lipinski definition) is 1. The van der Waals surface area contributed by atoms with Crippen LogP contribution in [0.2, 0.25) is 5.02 Å². The third kappa shape index (κ3) is 2.67. The molecule has 3 rings (SSSR count). The summed E-state index contributed by atoms with van der Waals surface area (Å²) in [6, 6.07) is 1.73. The second kappa shape index (κ2) is 6.23. The van der Waals surface area contributed by atoms with Crippen molar-refractivity contribution in [1.29, 1.82) is 0 Å². The Morgan fingerprint density at radius 1 is 1.22 bits per heavy atom. The Labute approximate surface area is 141 Å². The molecular weight excluding hydrogens is 316 g/mol. The molecule has 1 heterocycles. The number of rotatable bonds is 3. The van der Waals surface area contributed by atoms with E-state index in [1.165, 1.54) is 0 Å². The van der Waals surface area contributed by atoms with Crippen LogP contribution < -0.4 is 9.47 Å². The Balaban J connectivity index is 2.26. The first kappa shape index (κ1) is 16.4. The molecule has 1 fully saturated rings. The van der Waals surface area contributed by atoms with Gasteiger partial charge in [0.05, 0.1) is 5.41 Å². The maximum Gasteiger partial charge on any atom is 0.314 e. The van der Waals surface area contributed by atoms with E-state index in [1.54, 1.807) is 6.07 Å². The average molecular weight is 339 g/mol. The first-order valence-corrected chi connectivity index (χ1v) is 8.71. The molecule has 4 nitrogen and oxygen atoms in total. The zero-order chi connectivity index (χ0) is 16.6. The monoisotopic (exact) mass is 338 g/mol. The van der Waals surface area contributed by atoms with Crippen molar-refractivity contribution in [2.45, 2.75) is 57.3 Å². The summed E-state index contributed by atoms with van der Waals surface area (Å²) < 4.78 is 11.5. The van der Waals surface area contributed by atoms with Crippen LogP contribution in [0.15, 0.2) is 6.07 Å². The number of aliphatic carboxylic acids is 1. The third-order valence-corrected chi connectivity index (χ3v) is 5.29. The first-order valence-electron chi connectivity index (χ1n) is 8.33. The van der Waals surface area contributed by atoms with Gasteiger partial charge in [-0.3, -0.25) is 4.79 Å². The minimum absolute atomic E-state index is 0.109. The van der Waals surface area contributed by atoms with Gasteiger partial charge in [0.25, 0.3) is 0 Å². The third-order valence-electron chi connectivity index (χ3n) is 4.99. The number of carboxylic acids is 1. The summed E-state index contributed by atoms with van der Waals surface area (Å²) in [7, 11) is 0. The minimum atomic E-state index is -0.912. The maximum atomic E-state index is 12.2. The number of benzene rings is 1. The van der Waals surface area contributed by atoms with Crippen LogP contribution >= 0.6 is 11.6 Å². The van der Waals surface area contributed by atoms with E-state index in [2.05, 4.69) is 0 Å². The van der Waals surface area contributed by atoms with Crippen molar-refractivity contribution >= 4 is 17.6 Å². The Kier molecular flexibility index (Phi) is 4.45. The lowest BCUT2D eigenvalue weighted by atomic mass is 9.67. The highest BCUT2D eigenvalue weighted by Crippen LogP contribution is 2.51. The van der Waals surface area contributed by atoms with Gasteiger partial charge < -0.3 is 14.6 Å². The van der Waals surface area contributed by atoms with E-state index < -0.39 is 11.4 Å². The molecule has 1 aromatic carbocycles. The molecule has 23 heavy (non-hydrogen) atoms. The standard InChI is InChI=1S/C18H23ClO4/c1-11(2)14-15(18(17(20)21)6-4-3-5-7-18)12(19)10-13-16(14)23-9-8-22-13/h10-11H,3-9H2,1-2H3,(H,20,21). The molecular formula is C18H23ClO4. The molecule has 1 N–H and O–H groups in total. The van der Waals surface area contributed by atoms with Crippen molar-refractivity contribution in [1.82, 2.24) is 0 Å².